The average Bonchev–Trinajstić information content (AvgIpc) is 2.51. The normalized spacial score (nSPS) is 26.7. The van der Waals surface area contributed by atoms with Crippen LogP contribution in [-0.4, -0.2) is 65.3 Å². The first-order valence-corrected chi connectivity index (χ1v) is 7.58. The van der Waals surface area contributed by atoms with Crippen LogP contribution in [0.4, 0.5) is 0 Å². The molecule has 0 unspecified atom stereocenters. The fourth-order valence-corrected chi connectivity index (χ4v) is 2.69. The van der Waals surface area contributed by atoms with E-state index in [2.05, 4.69) is 4.90 Å². The van der Waals surface area contributed by atoms with Crippen molar-refractivity contribution in [3.63, 3.8) is 0 Å². The fraction of sp³-hybridized carbons (Fsp3) is 0.625. The van der Waals surface area contributed by atoms with Crippen molar-refractivity contribution in [2.45, 2.75) is 25.0 Å². The molecular weight excluding hydrogens is 270 g/mol. The van der Waals surface area contributed by atoms with Gasteiger partial charge in [-0.3, -0.25) is 0 Å². The van der Waals surface area contributed by atoms with Crippen LogP contribution in [0.15, 0.2) is 30.3 Å². The molecule has 0 bridgehead atoms. The summed E-state index contributed by atoms with van der Waals surface area (Å²) < 4.78 is 5.63. The van der Waals surface area contributed by atoms with Crippen molar-refractivity contribution in [2.24, 2.45) is 5.92 Å². The lowest BCUT2D eigenvalue weighted by Crippen LogP contribution is -2.53. The molecule has 0 aromatic heterocycles. The van der Waals surface area contributed by atoms with Crippen LogP contribution in [0.1, 0.15) is 12.8 Å². The molecule has 3 N–H and O–H groups in total. The van der Waals surface area contributed by atoms with Gasteiger partial charge in [0.1, 0.15) is 5.75 Å². The van der Waals surface area contributed by atoms with Crippen LogP contribution in [0.25, 0.3) is 0 Å². The van der Waals surface area contributed by atoms with Crippen LogP contribution in [0.5, 0.6) is 5.75 Å². The van der Waals surface area contributed by atoms with E-state index >= 15 is 0 Å². The van der Waals surface area contributed by atoms with Crippen molar-refractivity contribution in [2.75, 3.05) is 32.8 Å². The minimum Gasteiger partial charge on any atom is -0.494 e. The van der Waals surface area contributed by atoms with Gasteiger partial charge >= 0.3 is 0 Å². The van der Waals surface area contributed by atoms with Gasteiger partial charge in [0.15, 0.2) is 0 Å². The summed E-state index contributed by atoms with van der Waals surface area (Å²) in [6.07, 6.45) is 0.325. The summed E-state index contributed by atoms with van der Waals surface area (Å²) in [6.45, 7) is 2.53. The van der Waals surface area contributed by atoms with Crippen LogP contribution < -0.4 is 4.74 Å². The van der Waals surface area contributed by atoms with E-state index in [0.29, 0.717) is 19.7 Å². The predicted octanol–water partition coefficient (Wildman–Crippen LogP) is 0.491. The van der Waals surface area contributed by atoms with Gasteiger partial charge in [0.2, 0.25) is 0 Å². The molecule has 21 heavy (non-hydrogen) atoms. The summed E-state index contributed by atoms with van der Waals surface area (Å²) in [5.41, 5.74) is 0. The minimum atomic E-state index is -0.812. The summed E-state index contributed by atoms with van der Waals surface area (Å²) in [5, 5.41) is 28.7. The van der Waals surface area contributed by atoms with Gasteiger partial charge in [0.25, 0.3) is 0 Å². The SMILES string of the molecule is OC[C@@H]1CN(CCCCOc2ccccc2)C[C@H](O)[C@H]1O. The fourth-order valence-electron chi connectivity index (χ4n) is 2.69. The highest BCUT2D eigenvalue weighted by atomic mass is 16.5. The number of β-amino-alcohol motifs (C(OH)–C–C–N with tert-alkyl or cyclic N) is 1. The van der Waals surface area contributed by atoms with E-state index in [-0.39, 0.29) is 12.5 Å². The first-order valence-electron chi connectivity index (χ1n) is 7.58. The van der Waals surface area contributed by atoms with Crippen LogP contribution in [0.3, 0.4) is 0 Å². The topological polar surface area (TPSA) is 73.2 Å². The Hall–Kier alpha value is -1.14. The number of aliphatic hydroxyl groups is 3. The van der Waals surface area contributed by atoms with Crippen molar-refractivity contribution < 1.29 is 20.1 Å². The summed E-state index contributed by atoms with van der Waals surface area (Å²) in [5.74, 6) is 0.628. The van der Waals surface area contributed by atoms with Gasteiger partial charge in [-0.05, 0) is 31.5 Å². The summed E-state index contributed by atoms with van der Waals surface area (Å²) in [4.78, 5) is 2.10. The zero-order valence-electron chi connectivity index (χ0n) is 12.3. The van der Waals surface area contributed by atoms with Crippen molar-refractivity contribution >= 4 is 0 Å². The molecule has 0 aliphatic carbocycles. The summed E-state index contributed by atoms with van der Waals surface area (Å²) in [7, 11) is 0. The number of nitrogens with zero attached hydrogens (tertiary/aromatic N) is 1. The molecule has 1 heterocycles. The number of benzene rings is 1. The lowest BCUT2D eigenvalue weighted by atomic mass is 9.93. The number of unbranched alkanes of at least 4 members (excludes halogenated alkanes) is 1. The third-order valence-corrected chi connectivity index (χ3v) is 3.93. The van der Waals surface area contributed by atoms with Gasteiger partial charge in [-0.1, -0.05) is 18.2 Å². The molecule has 5 nitrogen and oxygen atoms in total. The number of piperidine rings is 1. The molecule has 0 spiro atoms. The monoisotopic (exact) mass is 295 g/mol. The number of aliphatic hydroxyl groups excluding tert-OH is 3. The largest absolute Gasteiger partial charge is 0.494 e. The predicted molar refractivity (Wildman–Crippen MR) is 80.2 cm³/mol. The highest BCUT2D eigenvalue weighted by Crippen LogP contribution is 2.18. The Bertz CT molecular complexity index is 401. The molecule has 1 aromatic carbocycles. The maximum atomic E-state index is 9.77. The molecule has 1 aliphatic rings. The van der Waals surface area contributed by atoms with E-state index < -0.39 is 12.2 Å². The van der Waals surface area contributed by atoms with Crippen molar-refractivity contribution in [3.8, 4) is 5.75 Å². The lowest BCUT2D eigenvalue weighted by molar-refractivity contribution is -0.0862. The average molecular weight is 295 g/mol. The number of hydrogen-bond acceptors (Lipinski definition) is 5. The minimum absolute atomic E-state index is 0.0914. The maximum absolute atomic E-state index is 9.77. The molecule has 2 rings (SSSR count). The van der Waals surface area contributed by atoms with Crippen LogP contribution >= 0.6 is 0 Å². The van der Waals surface area contributed by atoms with Crippen molar-refractivity contribution in [1.29, 1.82) is 0 Å². The van der Waals surface area contributed by atoms with Crippen molar-refractivity contribution in [1.82, 2.24) is 4.90 Å². The second-order valence-electron chi connectivity index (χ2n) is 5.63. The molecule has 1 saturated heterocycles. The highest BCUT2D eigenvalue weighted by molar-refractivity contribution is 5.20. The quantitative estimate of drug-likeness (QED) is 0.639. The Morgan fingerprint density at radius 1 is 1.10 bits per heavy atom. The van der Waals surface area contributed by atoms with Crippen LogP contribution in [0, 0.1) is 5.92 Å². The molecule has 0 amide bonds. The maximum Gasteiger partial charge on any atom is 0.119 e. The Morgan fingerprint density at radius 2 is 1.86 bits per heavy atom. The van der Waals surface area contributed by atoms with Gasteiger partial charge < -0.3 is 25.0 Å². The van der Waals surface area contributed by atoms with E-state index in [0.717, 1.165) is 25.1 Å². The number of hydrogen-bond donors (Lipinski definition) is 3. The van der Waals surface area contributed by atoms with Gasteiger partial charge in [-0.15, -0.1) is 0 Å². The number of likely N-dealkylation sites (tertiary alicyclic amines) is 1. The van der Waals surface area contributed by atoms with E-state index in [4.69, 9.17) is 4.74 Å². The Labute approximate surface area is 125 Å². The Morgan fingerprint density at radius 3 is 2.57 bits per heavy atom. The van der Waals surface area contributed by atoms with Crippen LogP contribution in [0.2, 0.25) is 0 Å². The number of rotatable bonds is 7. The summed E-state index contributed by atoms with van der Waals surface area (Å²) >= 11 is 0. The summed E-state index contributed by atoms with van der Waals surface area (Å²) in [6, 6.07) is 9.73. The van der Waals surface area contributed by atoms with E-state index in [1.165, 1.54) is 0 Å². The standard InChI is InChI=1S/C16H25NO4/c18-12-13-10-17(11-15(19)16(13)20)8-4-5-9-21-14-6-2-1-3-7-14/h1-3,6-7,13,15-16,18-20H,4-5,8-12H2/t13-,15-,16-/m0/s1. The molecule has 5 heteroatoms. The van der Waals surface area contributed by atoms with Gasteiger partial charge in [0.05, 0.1) is 18.8 Å². The highest BCUT2D eigenvalue weighted by Gasteiger charge is 2.33. The number of ether oxygens (including phenoxy) is 1. The first-order chi connectivity index (χ1) is 10.2. The molecule has 1 aromatic rings. The third-order valence-electron chi connectivity index (χ3n) is 3.93. The lowest BCUT2D eigenvalue weighted by Gasteiger charge is -2.38. The zero-order chi connectivity index (χ0) is 15.1. The van der Waals surface area contributed by atoms with E-state index in [1.54, 1.807) is 0 Å². The molecule has 1 aliphatic heterocycles. The van der Waals surface area contributed by atoms with Gasteiger partial charge in [0, 0.05) is 25.6 Å². The Balaban J connectivity index is 1.62. The molecular formula is C16H25NO4. The second kappa shape index (κ2) is 8.34. The Kier molecular flexibility index (Phi) is 6.45. The molecule has 0 radical (unpaired) electrons. The molecule has 118 valence electrons. The van der Waals surface area contributed by atoms with E-state index in [1.807, 2.05) is 30.3 Å². The first kappa shape index (κ1) is 16.2. The molecule has 1 fully saturated rings. The van der Waals surface area contributed by atoms with Gasteiger partial charge in [-0.2, -0.15) is 0 Å². The molecule has 0 saturated carbocycles. The molecule has 3 atom stereocenters. The number of para-hydroxylation sites is 1. The zero-order valence-corrected chi connectivity index (χ0v) is 12.3. The van der Waals surface area contributed by atoms with E-state index in [9.17, 15) is 15.3 Å². The van der Waals surface area contributed by atoms with Gasteiger partial charge in [-0.25, -0.2) is 0 Å². The second-order valence-corrected chi connectivity index (χ2v) is 5.63. The van der Waals surface area contributed by atoms with Crippen molar-refractivity contribution in [3.05, 3.63) is 30.3 Å². The smallest absolute Gasteiger partial charge is 0.119 e. The third kappa shape index (κ3) is 4.97. The van der Waals surface area contributed by atoms with Crippen LogP contribution in [-0.2, 0) is 0 Å².